The molecule has 0 unspecified atom stereocenters. The van der Waals surface area contributed by atoms with Gasteiger partial charge in [0, 0.05) is 24.2 Å². The lowest BCUT2D eigenvalue weighted by molar-refractivity contribution is 0.453. The van der Waals surface area contributed by atoms with Crippen molar-refractivity contribution in [2.24, 2.45) is 10.7 Å². The number of hydrogen-bond donors (Lipinski definition) is 1. The van der Waals surface area contributed by atoms with Crippen LogP contribution in [-0.2, 0) is 5.41 Å². The summed E-state index contributed by atoms with van der Waals surface area (Å²) in [5.74, 6) is 0. The first-order valence-electron chi connectivity index (χ1n) is 6.91. The third-order valence-corrected chi connectivity index (χ3v) is 4.43. The van der Waals surface area contributed by atoms with Crippen molar-refractivity contribution >= 4 is 12.0 Å². The molecular formula is C15H21N3. The molecule has 96 valence electrons. The van der Waals surface area contributed by atoms with Crippen LogP contribution in [0.5, 0.6) is 0 Å². The lowest BCUT2D eigenvalue weighted by Gasteiger charge is -2.29. The molecule has 0 bridgehead atoms. The van der Waals surface area contributed by atoms with Gasteiger partial charge >= 0.3 is 0 Å². The summed E-state index contributed by atoms with van der Waals surface area (Å²) in [5.41, 5.74) is 8.97. The summed E-state index contributed by atoms with van der Waals surface area (Å²) in [6.45, 7) is 2.68. The van der Waals surface area contributed by atoms with Gasteiger partial charge < -0.3 is 10.6 Å². The monoisotopic (exact) mass is 243 g/mol. The maximum atomic E-state index is 6.06. The number of anilines is 1. The number of benzene rings is 1. The van der Waals surface area contributed by atoms with E-state index in [9.17, 15) is 0 Å². The predicted molar refractivity (Wildman–Crippen MR) is 76.3 cm³/mol. The minimum absolute atomic E-state index is 0.229. The van der Waals surface area contributed by atoms with Crippen LogP contribution in [0.2, 0.25) is 0 Å². The normalized spacial score (nSPS) is 21.7. The summed E-state index contributed by atoms with van der Waals surface area (Å²) in [7, 11) is 0. The topological polar surface area (TPSA) is 41.6 Å². The zero-order valence-corrected chi connectivity index (χ0v) is 10.8. The fraction of sp³-hybridized carbons (Fsp3) is 0.533. The first-order chi connectivity index (χ1) is 8.84. The van der Waals surface area contributed by atoms with Gasteiger partial charge in [-0.05, 0) is 30.5 Å². The molecule has 3 heteroatoms. The Kier molecular flexibility index (Phi) is 3.08. The molecule has 0 amide bonds. The molecule has 1 aliphatic heterocycles. The molecular weight excluding hydrogens is 222 g/mol. The van der Waals surface area contributed by atoms with E-state index in [1.165, 1.54) is 36.9 Å². The van der Waals surface area contributed by atoms with Crippen LogP contribution in [0.4, 0.5) is 5.69 Å². The summed E-state index contributed by atoms with van der Waals surface area (Å²) >= 11 is 0. The van der Waals surface area contributed by atoms with E-state index in [4.69, 9.17) is 5.73 Å². The van der Waals surface area contributed by atoms with E-state index in [-0.39, 0.29) is 5.41 Å². The molecule has 1 aromatic rings. The SMILES string of the molecule is NCC1(c2cccc(N3C=NCC3)c2)CCCC1. The van der Waals surface area contributed by atoms with E-state index in [1.807, 2.05) is 6.34 Å². The maximum Gasteiger partial charge on any atom is 0.0895 e. The standard InChI is InChI=1S/C15H21N3/c16-11-15(6-1-2-7-15)13-4-3-5-14(10-13)18-9-8-17-12-18/h3-5,10,12H,1-2,6-9,11,16H2. The summed E-state index contributed by atoms with van der Waals surface area (Å²) in [4.78, 5) is 6.51. The third-order valence-electron chi connectivity index (χ3n) is 4.43. The van der Waals surface area contributed by atoms with Crippen LogP contribution in [0.3, 0.4) is 0 Å². The van der Waals surface area contributed by atoms with Gasteiger partial charge in [-0.15, -0.1) is 0 Å². The summed E-state index contributed by atoms with van der Waals surface area (Å²) in [6, 6.07) is 8.89. The Morgan fingerprint density at radius 2 is 2.11 bits per heavy atom. The molecule has 2 N–H and O–H groups in total. The van der Waals surface area contributed by atoms with Crippen molar-refractivity contribution < 1.29 is 0 Å². The summed E-state index contributed by atoms with van der Waals surface area (Å²) in [6.07, 6.45) is 7.05. The van der Waals surface area contributed by atoms with Crippen molar-refractivity contribution in [1.82, 2.24) is 0 Å². The Morgan fingerprint density at radius 3 is 2.78 bits per heavy atom. The molecule has 0 atom stereocenters. The Hall–Kier alpha value is -1.35. The minimum Gasteiger partial charge on any atom is -0.331 e. The van der Waals surface area contributed by atoms with Crippen molar-refractivity contribution in [2.75, 3.05) is 24.5 Å². The molecule has 1 aromatic carbocycles. The van der Waals surface area contributed by atoms with Gasteiger partial charge in [0.15, 0.2) is 0 Å². The lowest BCUT2D eigenvalue weighted by atomic mass is 9.79. The zero-order chi connectivity index (χ0) is 12.4. The fourth-order valence-corrected chi connectivity index (χ4v) is 3.25. The molecule has 1 aliphatic carbocycles. The van der Waals surface area contributed by atoms with Crippen molar-refractivity contribution in [2.45, 2.75) is 31.1 Å². The van der Waals surface area contributed by atoms with E-state index in [1.54, 1.807) is 0 Å². The average Bonchev–Trinajstić information content (AvgIpc) is 3.11. The van der Waals surface area contributed by atoms with E-state index in [2.05, 4.69) is 34.2 Å². The number of rotatable bonds is 3. The van der Waals surface area contributed by atoms with Gasteiger partial charge in [-0.25, -0.2) is 0 Å². The highest BCUT2D eigenvalue weighted by Crippen LogP contribution is 2.41. The molecule has 0 saturated heterocycles. The number of nitrogens with zero attached hydrogens (tertiary/aromatic N) is 2. The molecule has 0 aromatic heterocycles. The highest BCUT2D eigenvalue weighted by molar-refractivity contribution is 5.81. The first-order valence-corrected chi connectivity index (χ1v) is 6.91. The number of nitrogens with two attached hydrogens (primary N) is 1. The van der Waals surface area contributed by atoms with Crippen molar-refractivity contribution in [1.29, 1.82) is 0 Å². The zero-order valence-electron chi connectivity index (χ0n) is 10.8. The van der Waals surface area contributed by atoms with Crippen molar-refractivity contribution in [3.63, 3.8) is 0 Å². The van der Waals surface area contributed by atoms with Crippen LogP contribution < -0.4 is 10.6 Å². The molecule has 3 rings (SSSR count). The molecule has 0 spiro atoms. The molecule has 0 radical (unpaired) electrons. The van der Waals surface area contributed by atoms with Gasteiger partial charge in [-0.2, -0.15) is 0 Å². The highest BCUT2D eigenvalue weighted by atomic mass is 15.2. The molecule has 3 nitrogen and oxygen atoms in total. The van der Waals surface area contributed by atoms with Crippen LogP contribution in [0.25, 0.3) is 0 Å². The van der Waals surface area contributed by atoms with Crippen LogP contribution in [0.15, 0.2) is 29.3 Å². The van der Waals surface area contributed by atoms with Crippen molar-refractivity contribution in [3.8, 4) is 0 Å². The summed E-state index contributed by atoms with van der Waals surface area (Å²) in [5, 5.41) is 0. The number of hydrogen-bond acceptors (Lipinski definition) is 3. The Bertz CT molecular complexity index is 447. The quantitative estimate of drug-likeness (QED) is 0.885. The average molecular weight is 243 g/mol. The van der Waals surface area contributed by atoms with E-state index < -0.39 is 0 Å². The van der Waals surface area contributed by atoms with E-state index >= 15 is 0 Å². The molecule has 2 aliphatic rings. The van der Waals surface area contributed by atoms with E-state index in [0.717, 1.165) is 19.6 Å². The smallest absolute Gasteiger partial charge is 0.0895 e. The summed E-state index contributed by atoms with van der Waals surface area (Å²) < 4.78 is 0. The second-order valence-electron chi connectivity index (χ2n) is 5.46. The van der Waals surface area contributed by atoms with Crippen molar-refractivity contribution in [3.05, 3.63) is 29.8 Å². The highest BCUT2D eigenvalue weighted by Gasteiger charge is 2.34. The Balaban J connectivity index is 1.92. The van der Waals surface area contributed by atoms with Crippen LogP contribution in [0.1, 0.15) is 31.2 Å². The van der Waals surface area contributed by atoms with Gasteiger partial charge in [0.25, 0.3) is 0 Å². The first kappa shape index (κ1) is 11.7. The molecule has 1 saturated carbocycles. The second kappa shape index (κ2) is 4.73. The molecule has 1 fully saturated rings. The van der Waals surface area contributed by atoms with Gasteiger partial charge in [-0.3, -0.25) is 4.99 Å². The largest absolute Gasteiger partial charge is 0.331 e. The van der Waals surface area contributed by atoms with Crippen LogP contribution in [-0.4, -0.2) is 26.0 Å². The van der Waals surface area contributed by atoms with Gasteiger partial charge in [0.1, 0.15) is 0 Å². The van der Waals surface area contributed by atoms with E-state index in [0.29, 0.717) is 0 Å². The van der Waals surface area contributed by atoms with Gasteiger partial charge in [0.2, 0.25) is 0 Å². The fourth-order valence-electron chi connectivity index (χ4n) is 3.25. The third kappa shape index (κ3) is 1.93. The Labute approximate surface area is 109 Å². The lowest BCUT2D eigenvalue weighted by Crippen LogP contribution is -2.32. The number of aliphatic imine (C=N–C) groups is 1. The van der Waals surface area contributed by atoms with Gasteiger partial charge in [-0.1, -0.05) is 25.0 Å². The second-order valence-corrected chi connectivity index (χ2v) is 5.46. The Morgan fingerprint density at radius 1 is 1.28 bits per heavy atom. The molecule has 18 heavy (non-hydrogen) atoms. The molecule has 1 heterocycles. The van der Waals surface area contributed by atoms with Gasteiger partial charge in [0.05, 0.1) is 12.9 Å². The van der Waals surface area contributed by atoms with Crippen LogP contribution in [0, 0.1) is 0 Å². The maximum absolute atomic E-state index is 6.06. The van der Waals surface area contributed by atoms with Crippen LogP contribution >= 0.6 is 0 Å². The minimum atomic E-state index is 0.229. The predicted octanol–water partition coefficient (Wildman–Crippen LogP) is 2.31.